The van der Waals surface area contributed by atoms with Gasteiger partial charge in [0.1, 0.15) is 4.60 Å². The monoisotopic (exact) mass is 245 g/mol. The summed E-state index contributed by atoms with van der Waals surface area (Å²) in [5.41, 5.74) is -0.979. The van der Waals surface area contributed by atoms with Crippen LogP contribution in [0, 0.1) is 6.85 Å². The van der Waals surface area contributed by atoms with E-state index in [0.29, 0.717) is 0 Å². The molecule has 0 aliphatic rings. The average Bonchev–Trinajstić information content (AvgIpc) is 2.68. The van der Waals surface area contributed by atoms with E-state index in [-0.39, 0.29) is 16.5 Å². The Hall–Kier alpha value is -1.16. The van der Waals surface area contributed by atoms with Gasteiger partial charge in [0.05, 0.1) is 18.7 Å². The van der Waals surface area contributed by atoms with Crippen molar-refractivity contribution >= 4 is 15.9 Å². The van der Waals surface area contributed by atoms with Gasteiger partial charge in [-0.05, 0) is 34.9 Å². The van der Waals surface area contributed by atoms with E-state index < -0.39 is 36.6 Å². The third-order valence-corrected chi connectivity index (χ3v) is 1.58. The van der Waals surface area contributed by atoms with E-state index in [0.717, 1.165) is 4.68 Å². The Labute approximate surface area is 95.8 Å². The largest absolute Gasteiger partial charge is 0.220 e. The van der Waals surface area contributed by atoms with Crippen LogP contribution in [0.25, 0.3) is 5.69 Å². The van der Waals surface area contributed by atoms with Crippen molar-refractivity contribution in [3.8, 4) is 5.69 Å². The second kappa shape index (κ2) is 3.30. The van der Waals surface area contributed by atoms with Gasteiger partial charge in [0, 0.05) is 4.11 Å². The topological polar surface area (TPSA) is 30.7 Å². The zero-order chi connectivity index (χ0) is 16.1. The minimum atomic E-state index is -2.77. The van der Waals surface area contributed by atoms with E-state index in [4.69, 9.17) is 11.0 Å². The Bertz CT molecular complexity index is 694. The van der Waals surface area contributed by atoms with Crippen molar-refractivity contribution in [3.05, 3.63) is 40.5 Å². The maximum atomic E-state index is 7.87. The van der Waals surface area contributed by atoms with Crippen molar-refractivity contribution in [2.45, 2.75) is 6.85 Å². The Morgan fingerprint density at radius 1 is 1.46 bits per heavy atom. The van der Waals surface area contributed by atoms with Gasteiger partial charge in [-0.15, -0.1) is 5.10 Å². The lowest BCUT2D eigenvalue weighted by atomic mass is 10.2. The van der Waals surface area contributed by atoms with Crippen LogP contribution in [-0.2, 0) is 0 Å². The van der Waals surface area contributed by atoms with Gasteiger partial charge >= 0.3 is 0 Å². The number of hydrogen-bond donors (Lipinski definition) is 0. The predicted octanol–water partition coefficient (Wildman–Crippen LogP) is 2.34. The van der Waals surface area contributed by atoms with Gasteiger partial charge < -0.3 is 0 Å². The zero-order valence-corrected chi connectivity index (χ0v) is 7.81. The Kier molecular flexibility index (Phi) is 0.813. The van der Waals surface area contributed by atoms with Crippen molar-refractivity contribution in [1.82, 2.24) is 15.0 Å². The normalized spacial score (nSPS) is 20.1. The summed E-state index contributed by atoms with van der Waals surface area (Å²) in [5.74, 6) is 0. The SMILES string of the molecule is [2H]c1c([2H])c(C([2H])([2H])[2H])c([2H])c([2H])c1-n1nnc(Br)c1[2H]. The highest BCUT2D eigenvalue weighted by Gasteiger charge is 1.98. The van der Waals surface area contributed by atoms with E-state index >= 15 is 0 Å². The van der Waals surface area contributed by atoms with E-state index in [1.807, 2.05) is 0 Å². The summed E-state index contributed by atoms with van der Waals surface area (Å²) in [6.45, 7) is -2.77. The first-order chi connectivity index (χ1) is 9.57. The van der Waals surface area contributed by atoms with Crippen LogP contribution in [0.15, 0.2) is 34.9 Å². The minimum Gasteiger partial charge on any atom is -0.220 e. The number of benzene rings is 1. The number of nitrogens with zero attached hydrogens (tertiary/aromatic N) is 3. The maximum absolute atomic E-state index is 7.87. The van der Waals surface area contributed by atoms with Crippen LogP contribution in [0.1, 0.15) is 16.5 Å². The highest BCUT2D eigenvalue weighted by Crippen LogP contribution is 2.10. The molecule has 0 N–H and O–H groups in total. The molecule has 1 aromatic carbocycles. The molecule has 4 heteroatoms. The Morgan fingerprint density at radius 3 is 2.77 bits per heavy atom. The fraction of sp³-hybridized carbons (Fsp3) is 0.111. The fourth-order valence-corrected chi connectivity index (χ4v) is 0.967. The Balaban J connectivity index is 2.86. The molecule has 2 rings (SSSR count). The smallest absolute Gasteiger partial charge is 0.148 e. The molecule has 0 aliphatic heterocycles. The first kappa shape index (κ1) is 3.20. The lowest BCUT2D eigenvalue weighted by Gasteiger charge is -1.98. The second-order valence-corrected chi connectivity index (χ2v) is 2.88. The van der Waals surface area contributed by atoms with E-state index in [1.165, 1.54) is 0 Å². The molecule has 0 fully saturated rings. The highest BCUT2D eigenvalue weighted by atomic mass is 79.9. The highest BCUT2D eigenvalue weighted by molar-refractivity contribution is 9.10. The lowest BCUT2D eigenvalue weighted by molar-refractivity contribution is 0.801. The molecule has 0 saturated heterocycles. The molecule has 3 nitrogen and oxygen atoms in total. The predicted molar refractivity (Wildman–Crippen MR) is 53.8 cm³/mol. The zero-order valence-electron chi connectivity index (χ0n) is 14.2. The van der Waals surface area contributed by atoms with Gasteiger partial charge in [-0.3, -0.25) is 0 Å². The summed E-state index contributed by atoms with van der Waals surface area (Å²) < 4.78 is 61.8. The van der Waals surface area contributed by atoms with Crippen molar-refractivity contribution in [2.75, 3.05) is 0 Å². The van der Waals surface area contributed by atoms with E-state index in [9.17, 15) is 0 Å². The van der Waals surface area contributed by atoms with Crippen LogP contribution in [0.2, 0.25) is 0 Å². The van der Waals surface area contributed by atoms with Crippen molar-refractivity contribution in [2.24, 2.45) is 0 Å². The quantitative estimate of drug-likeness (QED) is 0.773. The molecule has 0 atom stereocenters. The van der Waals surface area contributed by atoms with Gasteiger partial charge in [0.2, 0.25) is 0 Å². The van der Waals surface area contributed by atoms with Crippen LogP contribution < -0.4 is 0 Å². The third kappa shape index (κ3) is 1.78. The van der Waals surface area contributed by atoms with Crippen molar-refractivity contribution in [1.29, 1.82) is 0 Å². The summed E-state index contributed by atoms with van der Waals surface area (Å²) >= 11 is 2.96. The first-order valence-corrected chi connectivity index (χ1v) is 4.05. The third-order valence-electron chi connectivity index (χ3n) is 1.24. The van der Waals surface area contributed by atoms with Gasteiger partial charge in [-0.1, -0.05) is 22.9 Å². The molecular weight excluding hydrogens is 230 g/mol. The number of hydrogen-bond acceptors (Lipinski definition) is 2. The molecule has 0 amide bonds. The van der Waals surface area contributed by atoms with Crippen LogP contribution in [0.4, 0.5) is 0 Å². The molecule has 0 aliphatic carbocycles. The standard InChI is InChI=1S/C9H8BrN3/c1-7-2-4-8(5-3-7)13-6-9(10)11-12-13/h2-6H,1H3/i1D3,2D,3D,4D,5D,6D. The molecule has 0 radical (unpaired) electrons. The maximum Gasteiger partial charge on any atom is 0.148 e. The van der Waals surface area contributed by atoms with Gasteiger partial charge in [0.15, 0.2) is 0 Å². The molecule has 0 saturated carbocycles. The number of halogens is 1. The van der Waals surface area contributed by atoms with Crippen molar-refractivity contribution in [3.63, 3.8) is 0 Å². The molecule has 0 spiro atoms. The van der Waals surface area contributed by atoms with Gasteiger partial charge in [-0.25, -0.2) is 4.68 Å². The molecule has 1 aromatic heterocycles. The van der Waals surface area contributed by atoms with Crippen LogP contribution >= 0.6 is 15.9 Å². The summed E-state index contributed by atoms with van der Waals surface area (Å²) in [7, 11) is 0. The summed E-state index contributed by atoms with van der Waals surface area (Å²) in [6, 6.07) is -2.55. The molecule has 2 aromatic rings. The van der Waals surface area contributed by atoms with E-state index in [1.54, 1.807) is 0 Å². The minimum absolute atomic E-state index is 0.0688. The van der Waals surface area contributed by atoms with Gasteiger partial charge in [-0.2, -0.15) is 0 Å². The fourth-order valence-electron chi connectivity index (χ4n) is 0.729. The van der Waals surface area contributed by atoms with Crippen LogP contribution in [-0.4, -0.2) is 15.0 Å². The molecule has 13 heavy (non-hydrogen) atoms. The second-order valence-electron chi connectivity index (χ2n) is 2.13. The molecule has 0 bridgehead atoms. The summed E-state index contributed by atoms with van der Waals surface area (Å²) in [5, 5.41) is 7.11. The van der Waals surface area contributed by atoms with Crippen molar-refractivity contribution < 1.29 is 11.0 Å². The van der Waals surface area contributed by atoms with Crippen LogP contribution in [0.5, 0.6) is 0 Å². The molecule has 1 heterocycles. The lowest BCUT2D eigenvalue weighted by Crippen LogP contribution is -1.94. The first-order valence-electron chi connectivity index (χ1n) is 7.26. The molecule has 66 valence electrons. The number of rotatable bonds is 1. The molecular formula is C9H8BrN3. The Morgan fingerprint density at radius 2 is 2.23 bits per heavy atom. The van der Waals surface area contributed by atoms with E-state index in [2.05, 4.69) is 26.2 Å². The van der Waals surface area contributed by atoms with Crippen LogP contribution in [0.3, 0.4) is 0 Å². The number of aromatic nitrogens is 3. The molecule has 0 unspecified atom stereocenters. The summed E-state index contributed by atoms with van der Waals surface area (Å²) in [6.07, 6.45) is -0.266. The summed E-state index contributed by atoms with van der Waals surface area (Å²) in [4.78, 5) is 0. The average molecular weight is 246 g/mol. The van der Waals surface area contributed by atoms with Gasteiger partial charge in [0.25, 0.3) is 0 Å².